The van der Waals surface area contributed by atoms with Crippen LogP contribution in [0.4, 0.5) is 22.0 Å². The lowest BCUT2D eigenvalue weighted by Gasteiger charge is -2.13. The number of carbonyl (C=O) groups excluding carboxylic acids is 1. The summed E-state index contributed by atoms with van der Waals surface area (Å²) in [5, 5.41) is 2.53. The molecule has 0 aliphatic heterocycles. The van der Waals surface area contributed by atoms with E-state index in [-0.39, 0.29) is 24.3 Å². The van der Waals surface area contributed by atoms with Crippen molar-refractivity contribution in [3.05, 3.63) is 65.4 Å². The zero-order chi connectivity index (χ0) is 24.4. The van der Waals surface area contributed by atoms with Crippen molar-refractivity contribution in [3.8, 4) is 23.8 Å². The quantitative estimate of drug-likeness (QED) is 0.238. The van der Waals surface area contributed by atoms with E-state index in [0.717, 1.165) is 29.8 Å². The highest BCUT2D eigenvalue weighted by Gasteiger charge is 2.30. The zero-order valence-electron chi connectivity index (χ0n) is 17.4. The lowest BCUT2D eigenvalue weighted by molar-refractivity contribution is -0.137. The lowest BCUT2D eigenvalue weighted by atomic mass is 10.0. The van der Waals surface area contributed by atoms with Crippen LogP contribution in [-0.4, -0.2) is 32.8 Å². The minimum Gasteiger partial charge on any atom is -0.493 e. The first kappa shape index (κ1) is 25.5. The van der Waals surface area contributed by atoms with E-state index in [2.05, 4.69) is 16.0 Å². The number of alkyl halides is 5. The fraction of sp³-hybridized carbons (Fsp3) is 0.261. The molecule has 176 valence electrons. The van der Waals surface area contributed by atoms with Gasteiger partial charge in [-0.15, -0.1) is 6.42 Å². The molecule has 1 amide bonds. The van der Waals surface area contributed by atoms with Crippen molar-refractivity contribution in [1.82, 2.24) is 5.32 Å². The van der Waals surface area contributed by atoms with Gasteiger partial charge in [0.1, 0.15) is 12.9 Å². The van der Waals surface area contributed by atoms with Crippen LogP contribution in [0.25, 0.3) is 5.57 Å². The molecule has 2 aromatic rings. The highest BCUT2D eigenvalue weighted by Crippen LogP contribution is 2.30. The number of rotatable bonds is 10. The van der Waals surface area contributed by atoms with E-state index in [9.17, 15) is 26.7 Å². The summed E-state index contributed by atoms with van der Waals surface area (Å²) in [6, 6.07) is 8.56. The third-order valence-electron chi connectivity index (χ3n) is 4.29. The van der Waals surface area contributed by atoms with Gasteiger partial charge in [0.25, 0.3) is 5.91 Å². The highest BCUT2D eigenvalue weighted by atomic mass is 19.4. The Morgan fingerprint density at radius 3 is 2.42 bits per heavy atom. The van der Waals surface area contributed by atoms with Crippen molar-refractivity contribution in [2.45, 2.75) is 19.2 Å². The summed E-state index contributed by atoms with van der Waals surface area (Å²) in [6.45, 7) is -3.05. The molecule has 0 bridgehead atoms. The molecule has 10 heteroatoms. The Balaban J connectivity index is 2.09. The first-order chi connectivity index (χ1) is 15.7. The van der Waals surface area contributed by atoms with E-state index in [1.807, 2.05) is 0 Å². The van der Waals surface area contributed by atoms with Crippen LogP contribution in [-0.2, 0) is 22.1 Å². The van der Waals surface area contributed by atoms with Crippen LogP contribution in [0.2, 0.25) is 0 Å². The number of terminal acetylenes is 1. The third-order valence-corrected chi connectivity index (χ3v) is 4.29. The fourth-order valence-electron chi connectivity index (χ4n) is 2.73. The minimum absolute atomic E-state index is 0.0159. The van der Waals surface area contributed by atoms with Crippen LogP contribution in [0.5, 0.6) is 11.5 Å². The maximum absolute atomic E-state index is 12.8. The Morgan fingerprint density at radius 1 is 1.15 bits per heavy atom. The van der Waals surface area contributed by atoms with Gasteiger partial charge in [-0.05, 0) is 41.8 Å². The first-order valence-electron chi connectivity index (χ1n) is 9.48. The van der Waals surface area contributed by atoms with Gasteiger partial charge in [-0.1, -0.05) is 24.1 Å². The Kier molecular flexibility index (Phi) is 9.09. The lowest BCUT2D eigenvalue weighted by Crippen LogP contribution is -2.27. The number of amides is 1. The predicted octanol–water partition coefficient (Wildman–Crippen LogP) is 4.67. The maximum atomic E-state index is 12.8. The van der Waals surface area contributed by atoms with Crippen molar-refractivity contribution < 1.29 is 41.0 Å². The SMILES string of the molecule is C#CCOc1ccc(CCNC(=O)C(=COC(F)F)c2ccc(C(F)(F)F)cc2)cc1OC. The van der Waals surface area contributed by atoms with Gasteiger partial charge in [-0.25, -0.2) is 0 Å². The molecule has 2 aromatic carbocycles. The second-order valence-electron chi connectivity index (χ2n) is 6.49. The molecule has 0 saturated carbocycles. The molecule has 0 aliphatic rings. The van der Waals surface area contributed by atoms with Crippen LogP contribution in [0.15, 0.2) is 48.7 Å². The van der Waals surface area contributed by atoms with Crippen molar-refractivity contribution in [2.75, 3.05) is 20.3 Å². The van der Waals surface area contributed by atoms with Crippen LogP contribution >= 0.6 is 0 Å². The summed E-state index contributed by atoms with van der Waals surface area (Å²) in [7, 11) is 1.45. The number of methoxy groups -OCH3 is 1. The summed E-state index contributed by atoms with van der Waals surface area (Å²) in [4.78, 5) is 12.5. The molecule has 0 heterocycles. The smallest absolute Gasteiger partial charge is 0.416 e. The summed E-state index contributed by atoms with van der Waals surface area (Å²) in [5.74, 6) is 2.42. The molecule has 1 N–H and O–H groups in total. The zero-order valence-corrected chi connectivity index (χ0v) is 17.4. The molecule has 0 radical (unpaired) electrons. The Hall–Kier alpha value is -3.74. The van der Waals surface area contributed by atoms with E-state index in [4.69, 9.17) is 15.9 Å². The Morgan fingerprint density at radius 2 is 1.85 bits per heavy atom. The minimum atomic E-state index is -4.58. The van der Waals surface area contributed by atoms with Gasteiger partial charge in [0, 0.05) is 6.54 Å². The van der Waals surface area contributed by atoms with E-state index < -0.39 is 24.3 Å². The van der Waals surface area contributed by atoms with Gasteiger partial charge in [-0.3, -0.25) is 4.79 Å². The van der Waals surface area contributed by atoms with E-state index in [0.29, 0.717) is 24.2 Å². The molecule has 0 saturated heterocycles. The highest BCUT2D eigenvalue weighted by molar-refractivity contribution is 6.19. The average molecular weight is 469 g/mol. The normalized spacial score (nSPS) is 11.6. The summed E-state index contributed by atoms with van der Waals surface area (Å²) in [5.41, 5.74) is -0.536. The summed E-state index contributed by atoms with van der Waals surface area (Å²) >= 11 is 0. The van der Waals surface area contributed by atoms with Crippen LogP contribution in [0.3, 0.4) is 0 Å². The molecule has 0 aliphatic carbocycles. The number of hydrogen-bond donors (Lipinski definition) is 1. The Bertz CT molecular complexity index is 1010. The molecule has 0 fully saturated rings. The van der Waals surface area contributed by atoms with Crippen LogP contribution in [0.1, 0.15) is 16.7 Å². The number of halogens is 5. The van der Waals surface area contributed by atoms with Crippen molar-refractivity contribution >= 4 is 11.5 Å². The first-order valence-corrected chi connectivity index (χ1v) is 9.48. The van der Waals surface area contributed by atoms with Crippen molar-refractivity contribution in [2.24, 2.45) is 0 Å². The number of nitrogens with one attached hydrogen (secondary N) is 1. The monoisotopic (exact) mass is 469 g/mol. The van der Waals surface area contributed by atoms with Crippen LogP contribution in [0, 0.1) is 12.3 Å². The molecule has 0 spiro atoms. The topological polar surface area (TPSA) is 56.8 Å². The molecule has 0 unspecified atom stereocenters. The van der Waals surface area contributed by atoms with E-state index in [1.54, 1.807) is 18.2 Å². The standard InChI is InChI=1S/C23H20F5NO4/c1-3-12-32-19-9-4-15(13-20(19)31-2)10-11-29-21(30)18(14-33-22(24)25)16-5-7-17(8-6-16)23(26,27)28/h1,4-9,13-14,22H,10-12H2,2H3,(H,29,30). The van der Waals surface area contributed by atoms with Gasteiger partial charge in [0.2, 0.25) is 0 Å². The molecule has 5 nitrogen and oxygen atoms in total. The molecular weight excluding hydrogens is 449 g/mol. The third kappa shape index (κ3) is 7.71. The number of carbonyl (C=O) groups is 1. The molecule has 0 aromatic heterocycles. The summed E-state index contributed by atoms with van der Waals surface area (Å²) in [6.07, 6.45) is 1.44. The molecule has 33 heavy (non-hydrogen) atoms. The van der Waals surface area contributed by atoms with Gasteiger partial charge < -0.3 is 19.5 Å². The maximum Gasteiger partial charge on any atom is 0.416 e. The fourth-order valence-corrected chi connectivity index (χ4v) is 2.73. The second-order valence-corrected chi connectivity index (χ2v) is 6.49. The largest absolute Gasteiger partial charge is 0.493 e. The van der Waals surface area contributed by atoms with Gasteiger partial charge in [0.05, 0.1) is 18.2 Å². The number of ether oxygens (including phenoxy) is 3. The summed E-state index contributed by atoms with van der Waals surface area (Å²) < 4.78 is 77.9. The predicted molar refractivity (Wildman–Crippen MR) is 111 cm³/mol. The van der Waals surface area contributed by atoms with E-state index in [1.165, 1.54) is 7.11 Å². The average Bonchev–Trinajstić information content (AvgIpc) is 2.77. The molecular formula is C23H20F5NO4. The molecule has 2 rings (SSSR count). The second kappa shape index (κ2) is 11.8. The number of benzene rings is 2. The van der Waals surface area contributed by atoms with Crippen molar-refractivity contribution in [3.63, 3.8) is 0 Å². The molecule has 0 atom stereocenters. The van der Waals surface area contributed by atoms with E-state index >= 15 is 0 Å². The Labute approximate surface area is 187 Å². The van der Waals surface area contributed by atoms with Gasteiger partial charge >= 0.3 is 12.8 Å². The van der Waals surface area contributed by atoms with Gasteiger partial charge in [-0.2, -0.15) is 22.0 Å². The number of hydrogen-bond acceptors (Lipinski definition) is 4. The van der Waals surface area contributed by atoms with Crippen LogP contribution < -0.4 is 14.8 Å². The van der Waals surface area contributed by atoms with Gasteiger partial charge in [0.15, 0.2) is 11.5 Å². The van der Waals surface area contributed by atoms with Crippen molar-refractivity contribution in [1.29, 1.82) is 0 Å².